The molecule has 0 saturated carbocycles. The van der Waals surface area contributed by atoms with E-state index in [4.69, 9.17) is 9.31 Å². The first-order valence-corrected chi connectivity index (χ1v) is 47.4. The van der Waals surface area contributed by atoms with E-state index in [9.17, 15) is 59.1 Å². The monoisotopic (exact) mass is 1950 g/mol. The lowest BCUT2D eigenvalue weighted by Gasteiger charge is -2.32. The van der Waals surface area contributed by atoms with Crippen LogP contribution in [0.3, 0.4) is 0 Å². The van der Waals surface area contributed by atoms with E-state index in [0.717, 1.165) is 143 Å². The molecule has 10 aromatic carbocycles. The first kappa shape index (κ1) is 98.1. The number of nitrogens with one attached hydrogen (secondary N) is 8. The number of benzene rings is 10. The number of amides is 5. The molecule has 5 amide bonds. The molecule has 19 nitrogen and oxygen atoms in total. The Morgan fingerprint density at radius 1 is 0.410 bits per heavy atom. The number of aryl methyl sites for hydroxylation is 2. The normalized spacial score (nSPS) is 15.5. The average Bonchev–Trinajstić information content (AvgIpc) is 1.61. The van der Waals surface area contributed by atoms with Gasteiger partial charge in [0.15, 0.2) is 46.5 Å². The van der Waals surface area contributed by atoms with Crippen molar-refractivity contribution in [2.75, 3.05) is 81.4 Å². The minimum Gasteiger partial charge on any atom is -0.399 e. The SMILES string of the molecule is Brc1cccc2[nH]ccc12.CC1(C)OB(c2cccc3[nH]ccc23)OC1(C)C.CCN(CC)CCN1CCCc2[nH]c(/C=C3\C(=O)Nc4cccc(-c5cccc(F)c5F)c43)c(C)c2C1=O.CCN(CC)CCN1CCCc2[nH]c(/C=C3\C(=O)Nc4cccc(-c5cccc(F)c5F)c43)c(C)c2C1=O.Fc1cccc(-c2cccc3[nH]ccc23)c1F.O=C1Cc2c(cccc2-c2cccc(F)c2F)N1. The van der Waals surface area contributed by atoms with Gasteiger partial charge in [0.2, 0.25) is 5.91 Å². The molecule has 6 aliphatic rings. The number of H-pyrrole nitrogens is 5. The van der Waals surface area contributed by atoms with Crippen molar-refractivity contribution in [3.05, 3.63) is 332 Å². The van der Waals surface area contributed by atoms with Gasteiger partial charge in [0.25, 0.3) is 23.6 Å². The van der Waals surface area contributed by atoms with Crippen molar-refractivity contribution in [3.8, 4) is 44.5 Å². The summed E-state index contributed by atoms with van der Waals surface area (Å²) >= 11 is 3.46. The summed E-state index contributed by atoms with van der Waals surface area (Å²) in [5.74, 6) is -8.01. The molecule has 15 aromatic rings. The van der Waals surface area contributed by atoms with Gasteiger partial charge in [-0.15, -0.1) is 0 Å². The Morgan fingerprint density at radius 3 is 1.22 bits per heavy atom. The minimum atomic E-state index is -0.960. The highest BCUT2D eigenvalue weighted by molar-refractivity contribution is 9.10. The van der Waals surface area contributed by atoms with Crippen molar-refractivity contribution in [1.29, 1.82) is 0 Å². The summed E-state index contributed by atoms with van der Waals surface area (Å²) in [5, 5.41) is 11.7. The lowest BCUT2D eigenvalue weighted by Crippen LogP contribution is -2.41. The molecule has 0 bridgehead atoms. The lowest BCUT2D eigenvalue weighted by molar-refractivity contribution is -0.115. The predicted molar refractivity (Wildman–Crippen MR) is 539 cm³/mol. The van der Waals surface area contributed by atoms with E-state index >= 15 is 0 Å². The molecule has 6 aliphatic heterocycles. The van der Waals surface area contributed by atoms with E-state index in [2.05, 4.69) is 152 Å². The zero-order valence-corrected chi connectivity index (χ0v) is 80.3. The van der Waals surface area contributed by atoms with E-state index in [1.807, 2.05) is 72.4 Å². The number of fused-ring (bicyclic) bond motifs is 8. The van der Waals surface area contributed by atoms with Gasteiger partial charge in [0.05, 0.1) is 39.9 Å². The number of aromatic nitrogens is 5. The van der Waals surface area contributed by atoms with Gasteiger partial charge in [-0.05, 0) is 240 Å². The molecule has 29 heteroatoms. The number of carbonyl (C=O) groups excluding carboxylic acids is 5. The Morgan fingerprint density at radius 2 is 0.770 bits per heavy atom. The summed E-state index contributed by atoms with van der Waals surface area (Å²) in [6.45, 7) is 28.7. The summed E-state index contributed by atoms with van der Waals surface area (Å²) in [6.07, 6.45) is 12.5. The van der Waals surface area contributed by atoms with E-state index in [1.165, 1.54) is 53.4 Å². The Labute approximate surface area is 809 Å². The third kappa shape index (κ3) is 20.4. The van der Waals surface area contributed by atoms with Crippen molar-refractivity contribution < 1.29 is 68.4 Å². The fourth-order valence-electron chi connectivity index (χ4n) is 18.6. The van der Waals surface area contributed by atoms with Crippen molar-refractivity contribution in [2.24, 2.45) is 0 Å². The molecule has 0 spiro atoms. The van der Waals surface area contributed by atoms with Crippen LogP contribution in [0.5, 0.6) is 0 Å². The highest BCUT2D eigenvalue weighted by Crippen LogP contribution is 2.46. The highest BCUT2D eigenvalue weighted by Gasteiger charge is 2.52. The van der Waals surface area contributed by atoms with E-state index in [-0.39, 0.29) is 76.5 Å². The van der Waals surface area contributed by atoms with Crippen molar-refractivity contribution >= 4 is 131 Å². The molecule has 714 valence electrons. The van der Waals surface area contributed by atoms with Gasteiger partial charge < -0.3 is 69.8 Å². The second kappa shape index (κ2) is 42.2. The summed E-state index contributed by atoms with van der Waals surface area (Å²) in [7, 11) is -0.297. The van der Waals surface area contributed by atoms with Gasteiger partial charge in [-0.3, -0.25) is 24.0 Å². The fraction of sp³-hybridized carbons (Fsp3) is 0.245. The summed E-state index contributed by atoms with van der Waals surface area (Å²) in [6, 6.07) is 55.4. The van der Waals surface area contributed by atoms with Crippen molar-refractivity contribution in [1.82, 2.24) is 44.5 Å². The Balaban J connectivity index is 0.000000127. The van der Waals surface area contributed by atoms with Crippen LogP contribution in [0.2, 0.25) is 0 Å². The lowest BCUT2D eigenvalue weighted by atomic mass is 9.77. The summed E-state index contributed by atoms with van der Waals surface area (Å²) < 4.78 is 125. The fourth-order valence-corrected chi connectivity index (χ4v) is 19.1. The van der Waals surface area contributed by atoms with Crippen LogP contribution in [0.1, 0.15) is 140 Å². The van der Waals surface area contributed by atoms with Crippen LogP contribution in [-0.4, -0.2) is 158 Å². The molecule has 21 rings (SSSR count). The number of halogens is 9. The van der Waals surface area contributed by atoms with Crippen LogP contribution < -0.4 is 21.4 Å². The topological polar surface area (TPSA) is 232 Å². The zero-order chi connectivity index (χ0) is 98.4. The molecule has 1 fully saturated rings. The molecule has 8 N–H and O–H groups in total. The van der Waals surface area contributed by atoms with Crippen LogP contribution in [0, 0.1) is 60.4 Å². The van der Waals surface area contributed by atoms with Crippen LogP contribution in [0.15, 0.2) is 223 Å². The number of carbonyl (C=O) groups is 5. The Kier molecular flexibility index (Phi) is 29.8. The second-order valence-electron chi connectivity index (χ2n) is 35.6. The van der Waals surface area contributed by atoms with Gasteiger partial charge in [-0.25, -0.2) is 35.1 Å². The van der Waals surface area contributed by atoms with Gasteiger partial charge in [-0.1, -0.05) is 159 Å². The molecule has 0 atom stereocenters. The molecule has 5 aromatic heterocycles. The molecule has 0 unspecified atom stereocenters. The van der Waals surface area contributed by atoms with Gasteiger partial charge in [-0.2, -0.15) is 0 Å². The van der Waals surface area contributed by atoms with Crippen LogP contribution >= 0.6 is 15.9 Å². The smallest absolute Gasteiger partial charge is 0.399 e. The largest absolute Gasteiger partial charge is 0.495 e. The van der Waals surface area contributed by atoms with Crippen molar-refractivity contribution in [2.45, 2.75) is 113 Å². The third-order valence-electron chi connectivity index (χ3n) is 26.9. The first-order chi connectivity index (χ1) is 66.9. The van der Waals surface area contributed by atoms with Gasteiger partial charge in [0, 0.05) is 163 Å². The maximum Gasteiger partial charge on any atom is 0.495 e. The first-order valence-electron chi connectivity index (χ1n) is 46.6. The average molecular weight is 1950 g/mol. The highest BCUT2D eigenvalue weighted by atomic mass is 79.9. The molecule has 0 aliphatic carbocycles. The molecule has 1 saturated heterocycles. The van der Waals surface area contributed by atoms with Crippen molar-refractivity contribution in [3.63, 3.8) is 0 Å². The Hall–Kier alpha value is -14.0. The van der Waals surface area contributed by atoms with Crippen LogP contribution in [0.4, 0.5) is 52.2 Å². The summed E-state index contributed by atoms with van der Waals surface area (Å²) in [4.78, 5) is 89.3. The molecule has 0 radical (unpaired) electrons. The van der Waals surface area contributed by atoms with Crippen LogP contribution in [-0.2, 0) is 43.0 Å². The maximum atomic E-state index is 14.8. The van der Waals surface area contributed by atoms with E-state index in [0.29, 0.717) is 116 Å². The second-order valence-corrected chi connectivity index (χ2v) is 36.5. The molecule has 11 heterocycles. The number of aromatic amines is 5. The van der Waals surface area contributed by atoms with Gasteiger partial charge >= 0.3 is 7.12 Å². The number of rotatable bonds is 17. The van der Waals surface area contributed by atoms with E-state index < -0.39 is 46.5 Å². The third-order valence-corrected chi connectivity index (χ3v) is 27.6. The van der Waals surface area contributed by atoms with E-state index in [1.54, 1.807) is 85.1 Å². The van der Waals surface area contributed by atoms with Gasteiger partial charge in [0.1, 0.15) is 0 Å². The molecule has 139 heavy (non-hydrogen) atoms. The quantitative estimate of drug-likeness (QED) is 0.0246. The molecular formula is C110H106BBrF8N12O7. The maximum absolute atomic E-state index is 14.8. The number of anilines is 3. The number of nitrogens with zero attached hydrogens (tertiary/aromatic N) is 4. The predicted octanol–water partition coefficient (Wildman–Crippen LogP) is 23.6. The Bertz CT molecular complexity index is 7030. The minimum absolute atomic E-state index is 0.00171. The number of hydrogen-bond acceptors (Lipinski definition) is 9. The number of hydrogen-bond donors (Lipinski definition) is 8. The number of likely N-dealkylation sites (N-methyl/N-ethyl adjacent to an activating group) is 2. The summed E-state index contributed by atoms with van der Waals surface area (Å²) in [5.41, 5.74) is 16.6. The standard InChI is InChI=1S/2C30H32F2N4O2.C14H18BNO2.C14H9F2NO.C14H9F2N.C8H6BrN/c2*1-4-35(5-2)15-16-36-14-8-13-23-26(30(36)38)18(3)25(33-23)17-21-27-19(9-7-12-24(27)34-29(21)37)20-10-6-11-22(31)28(20)32;1-13(2)14(3,4)18-15(17-13)11-6-5-7-12-10(11)8-9-16-12;15-11-5-1-4-9(14(11)16)8-3-2-6-12-10(8)7-13(18)17-12;15-12-5-1-4-11(14(12)16)9-3-2-6-13-10(9)7-8-17-13;9-7-2-1-3-8-6(7)4-5-10-8/h2*6-7,9-12,17,33H,4-5,8,13-16H2,1-3H3,(H,34,37);5-9,16H,1-4H3;1-6H,7H2,(H,17,18);1-8,17H;1-5,10H/b2*21-17-;;;;. The molecular weight excluding hydrogens is 1840 g/mol. The zero-order valence-electron chi connectivity index (χ0n) is 78.7. The van der Waals surface area contributed by atoms with Crippen LogP contribution in [0.25, 0.3) is 101 Å².